The molecule has 1 aromatic heterocycles. The predicted molar refractivity (Wildman–Crippen MR) is 101 cm³/mol. The number of phosphoric ester groups is 1. The molecule has 0 amide bonds. The maximum Gasteiger partial charge on any atom is 0.490 e. The first-order valence-corrected chi connectivity index (χ1v) is 13.4. The summed E-state index contributed by atoms with van der Waals surface area (Å²) in [4.78, 5) is 37.4. The number of rotatable bonds is 8. The van der Waals surface area contributed by atoms with Crippen LogP contribution in [0, 0.1) is 15.2 Å². The number of nitrogens with one attached hydrogen (secondary N) is 1. The molecule has 0 saturated carbocycles. The molecular formula is C10H13F4N2O13P3S2. The molecule has 15 nitrogen and oxygen atoms in total. The zero-order valence-corrected chi connectivity index (χ0v) is 20.0. The Balaban J connectivity index is 2.33. The summed E-state index contributed by atoms with van der Waals surface area (Å²) in [6, 6.07) is 0. The Kier molecular flexibility index (Phi) is 8.55. The van der Waals surface area contributed by atoms with E-state index in [1.165, 1.54) is 0 Å². The van der Waals surface area contributed by atoms with Gasteiger partial charge in [-0.3, -0.25) is 9.09 Å². The molecule has 34 heavy (non-hydrogen) atoms. The molecule has 0 bridgehead atoms. The lowest BCUT2D eigenvalue weighted by Crippen LogP contribution is -2.57. The Labute approximate surface area is 195 Å². The van der Waals surface area contributed by atoms with Crippen LogP contribution in [0.5, 0.6) is 0 Å². The number of ether oxygens (including phenoxy) is 1. The minimum Gasteiger partial charge on any atom is -0.387 e. The van der Waals surface area contributed by atoms with E-state index in [2.05, 4.69) is 25.4 Å². The number of hydrogen-bond acceptors (Lipinski definition) is 11. The van der Waals surface area contributed by atoms with Gasteiger partial charge in [-0.15, -0.1) is 0 Å². The lowest BCUT2D eigenvalue weighted by Gasteiger charge is -2.33. The normalized spacial score (nSPS) is 29.5. The average molecular weight is 602 g/mol. The number of aliphatic hydroxyl groups excluding tert-OH is 1. The fourth-order valence-corrected chi connectivity index (χ4v) is 6.09. The smallest absolute Gasteiger partial charge is 0.387 e. The van der Waals surface area contributed by atoms with Gasteiger partial charge in [0, 0.05) is 6.20 Å². The van der Waals surface area contributed by atoms with Crippen molar-refractivity contribution in [3.05, 3.63) is 21.4 Å². The third-order valence-corrected chi connectivity index (χ3v) is 8.34. The fraction of sp³-hybridized carbons (Fsp3) is 0.600. The van der Waals surface area contributed by atoms with Crippen LogP contribution in [0.2, 0.25) is 0 Å². The van der Waals surface area contributed by atoms with E-state index in [0.717, 1.165) is 0 Å². The molecule has 6 atom stereocenters. The summed E-state index contributed by atoms with van der Waals surface area (Å²) < 4.78 is 103. The lowest BCUT2D eigenvalue weighted by atomic mass is 9.93. The Bertz CT molecular complexity index is 1200. The van der Waals surface area contributed by atoms with E-state index < -0.39 is 75.5 Å². The second-order valence-electron chi connectivity index (χ2n) is 6.33. The van der Waals surface area contributed by atoms with Gasteiger partial charge in [0.05, 0.1) is 6.61 Å². The maximum atomic E-state index is 13.8. The molecule has 1 fully saturated rings. The summed E-state index contributed by atoms with van der Waals surface area (Å²) in [6.07, 6.45) is -13.4. The number of aliphatic hydroxyl groups is 2. The molecule has 2 rings (SSSR count). The molecule has 7 N–H and O–H groups in total. The first-order chi connectivity index (χ1) is 15.1. The van der Waals surface area contributed by atoms with Crippen LogP contribution in [0.3, 0.4) is 0 Å². The van der Waals surface area contributed by atoms with Gasteiger partial charge in [-0.25, -0.2) is 18.1 Å². The highest BCUT2D eigenvalue weighted by Gasteiger charge is 2.71. The van der Waals surface area contributed by atoms with Crippen LogP contribution >= 0.6 is 47.9 Å². The van der Waals surface area contributed by atoms with Gasteiger partial charge in [-0.05, 0) is 12.2 Å². The summed E-state index contributed by atoms with van der Waals surface area (Å²) in [7, 11) is -17.5. The third kappa shape index (κ3) is 6.64. The van der Waals surface area contributed by atoms with Crippen molar-refractivity contribution >= 4 is 47.9 Å². The Morgan fingerprint density at radius 2 is 1.71 bits per heavy atom. The molecule has 1 aliphatic rings. The van der Waals surface area contributed by atoms with Crippen molar-refractivity contribution in [3.63, 3.8) is 0 Å². The summed E-state index contributed by atoms with van der Waals surface area (Å²) in [5.41, 5.74) is -4.21. The minimum absolute atomic E-state index is 0.210. The van der Waals surface area contributed by atoms with Crippen LogP contribution in [-0.4, -0.2) is 69.9 Å². The topological polar surface area (TPSA) is 230 Å². The van der Waals surface area contributed by atoms with Crippen LogP contribution in [0.15, 0.2) is 6.20 Å². The number of phosphoric acid groups is 3. The summed E-state index contributed by atoms with van der Waals surface area (Å²) >= 11 is 9.26. The van der Waals surface area contributed by atoms with E-state index in [4.69, 9.17) is 31.6 Å². The van der Waals surface area contributed by atoms with Crippen molar-refractivity contribution in [2.24, 2.45) is 0 Å². The molecular weight excluding hydrogens is 589 g/mol. The van der Waals surface area contributed by atoms with Gasteiger partial charge in [0.2, 0.25) is 5.60 Å². The number of alkyl halides is 3. The summed E-state index contributed by atoms with van der Waals surface area (Å²) in [5.74, 6) is -1.30. The highest BCUT2D eigenvalue weighted by molar-refractivity contribution is 7.72. The van der Waals surface area contributed by atoms with Crippen LogP contribution in [0.4, 0.5) is 17.6 Å². The molecule has 1 saturated heterocycles. The molecule has 1 aromatic rings. The highest BCUT2D eigenvalue weighted by atomic mass is 32.1. The molecule has 3 unspecified atom stereocenters. The molecule has 0 aliphatic carbocycles. The molecule has 24 heteroatoms. The Hall–Kier alpha value is -0.470. The average Bonchev–Trinajstić information content (AvgIpc) is 2.85. The van der Waals surface area contributed by atoms with Crippen LogP contribution in [0.25, 0.3) is 0 Å². The van der Waals surface area contributed by atoms with Crippen molar-refractivity contribution in [2.75, 3.05) is 6.61 Å². The molecule has 0 radical (unpaired) electrons. The van der Waals surface area contributed by atoms with Crippen molar-refractivity contribution in [1.29, 1.82) is 0 Å². The fourth-order valence-electron chi connectivity index (χ4n) is 2.59. The zero-order valence-electron chi connectivity index (χ0n) is 15.7. The lowest BCUT2D eigenvalue weighted by molar-refractivity contribution is -0.304. The summed E-state index contributed by atoms with van der Waals surface area (Å²) in [6.45, 7) is -1.56. The summed E-state index contributed by atoms with van der Waals surface area (Å²) in [5, 5.41) is 20.4. The number of halogens is 4. The van der Waals surface area contributed by atoms with Crippen LogP contribution in [0.1, 0.15) is 6.23 Å². The number of nitrogens with zero attached hydrogens (tertiary/aromatic N) is 1. The van der Waals surface area contributed by atoms with Gasteiger partial charge in [0.1, 0.15) is 16.8 Å². The molecule has 1 aliphatic heterocycles. The predicted octanol–water partition coefficient (Wildman–Crippen LogP) is 1.31. The van der Waals surface area contributed by atoms with Crippen molar-refractivity contribution in [1.82, 2.24) is 9.55 Å². The van der Waals surface area contributed by atoms with E-state index in [0.29, 0.717) is 6.20 Å². The van der Waals surface area contributed by atoms with E-state index in [-0.39, 0.29) is 4.57 Å². The van der Waals surface area contributed by atoms with E-state index in [9.17, 15) is 46.4 Å². The van der Waals surface area contributed by atoms with Gasteiger partial charge in [0.25, 0.3) is 0 Å². The second-order valence-corrected chi connectivity index (χ2v) is 11.5. The minimum atomic E-state index is -5.95. The number of aromatic nitrogens is 2. The van der Waals surface area contributed by atoms with E-state index >= 15 is 0 Å². The Morgan fingerprint density at radius 1 is 1.15 bits per heavy atom. The zero-order chi connectivity index (χ0) is 26.5. The van der Waals surface area contributed by atoms with Gasteiger partial charge >= 0.3 is 29.6 Å². The number of hydrogen-bond donors (Lipinski definition) is 7. The Morgan fingerprint density at radius 3 is 2.21 bits per heavy atom. The van der Waals surface area contributed by atoms with E-state index in [1.54, 1.807) is 0 Å². The van der Waals surface area contributed by atoms with E-state index in [1.807, 2.05) is 4.98 Å². The first-order valence-electron chi connectivity index (χ1n) is 8.01. The first kappa shape index (κ1) is 29.8. The van der Waals surface area contributed by atoms with Gasteiger partial charge in [-0.2, -0.15) is 21.8 Å². The van der Waals surface area contributed by atoms with Crippen molar-refractivity contribution in [3.8, 4) is 0 Å². The SMILES string of the molecule is O=P(O)(O)OP(=O)(O)OP(=O)(O)OC[C@H]1O[C@@H](n2cc(F)c(=S)[nH]c2=S)C(O)(C(F)(F)F)[C@H]1O. The standard InChI is InChI=1S/C10H13F4N2O13P3S2/c11-3-1-16(8(34)15-6(3)33)7-9(18,10(12,13)14)5(17)4(27-7)2-26-31(22,23)29-32(24,25)28-30(19,20)21/h1,4-5,7,17-18H,2H2,(H,22,23)(H,24,25)(H,15,33,34)(H2,19,20,21)/t4-,5+,7-,9?/m1/s1. The van der Waals surface area contributed by atoms with Crippen molar-refractivity contribution < 1.29 is 78.9 Å². The maximum absolute atomic E-state index is 13.8. The molecule has 2 heterocycles. The second kappa shape index (κ2) is 9.77. The molecule has 0 spiro atoms. The largest absolute Gasteiger partial charge is 0.490 e. The van der Waals surface area contributed by atoms with Gasteiger partial charge < -0.3 is 39.5 Å². The van der Waals surface area contributed by atoms with Crippen LogP contribution < -0.4 is 0 Å². The quantitative estimate of drug-likeness (QED) is 0.126. The third-order valence-electron chi connectivity index (χ3n) is 3.93. The van der Waals surface area contributed by atoms with Gasteiger partial charge in [-0.1, -0.05) is 12.2 Å². The molecule has 0 aromatic carbocycles. The number of H-pyrrole nitrogens is 1. The monoisotopic (exact) mass is 602 g/mol. The highest BCUT2D eigenvalue weighted by Crippen LogP contribution is 2.66. The van der Waals surface area contributed by atoms with Crippen LogP contribution in [-0.2, 0) is 31.6 Å². The van der Waals surface area contributed by atoms with Crippen molar-refractivity contribution in [2.45, 2.75) is 30.2 Å². The number of aromatic amines is 1. The van der Waals surface area contributed by atoms with Gasteiger partial charge in [0.15, 0.2) is 16.8 Å². The molecule has 196 valence electrons.